The van der Waals surface area contributed by atoms with Crippen molar-refractivity contribution in [3.63, 3.8) is 0 Å². The zero-order valence-electron chi connectivity index (χ0n) is 15.2. The quantitative estimate of drug-likeness (QED) is 0.518. The Hall–Kier alpha value is -2.22. The average Bonchev–Trinajstić information content (AvgIpc) is 2.65. The first-order valence-electron chi connectivity index (χ1n) is 8.18. The zero-order valence-corrected chi connectivity index (χ0v) is 16.8. The van der Waals surface area contributed by atoms with E-state index in [0.29, 0.717) is 5.56 Å². The van der Waals surface area contributed by atoms with Gasteiger partial charge in [0.15, 0.2) is 12.4 Å². The van der Waals surface area contributed by atoms with Crippen LogP contribution in [0.2, 0.25) is 5.02 Å². The first-order valence-corrected chi connectivity index (χ1v) is 10.00. The summed E-state index contributed by atoms with van der Waals surface area (Å²) < 4.78 is 30.6. The predicted octanol–water partition coefficient (Wildman–Crippen LogP) is 3.19. The lowest BCUT2D eigenvalue weighted by molar-refractivity contribution is 0.0474. The molecule has 0 radical (unpaired) electrons. The summed E-state index contributed by atoms with van der Waals surface area (Å²) in [6.45, 7) is 1.57. The third-order valence-corrected chi connectivity index (χ3v) is 6.24. The van der Waals surface area contributed by atoms with Crippen LogP contribution >= 0.6 is 11.6 Å². The maximum atomic E-state index is 12.3. The van der Waals surface area contributed by atoms with Gasteiger partial charge in [0.25, 0.3) is 0 Å². The van der Waals surface area contributed by atoms with Crippen LogP contribution in [-0.4, -0.2) is 45.2 Å². The van der Waals surface area contributed by atoms with Crippen LogP contribution < -0.4 is 0 Å². The minimum absolute atomic E-state index is 0.00560. The van der Waals surface area contributed by atoms with Gasteiger partial charge in [0.05, 0.1) is 10.6 Å². The maximum Gasteiger partial charge on any atom is 0.338 e. The second kappa shape index (κ2) is 8.65. The Morgan fingerprint density at radius 3 is 2.19 bits per heavy atom. The monoisotopic (exact) mass is 409 g/mol. The number of ketones is 1. The Kier molecular flexibility index (Phi) is 6.75. The van der Waals surface area contributed by atoms with Crippen molar-refractivity contribution < 1.29 is 22.7 Å². The van der Waals surface area contributed by atoms with Crippen LogP contribution in [0.3, 0.4) is 0 Å². The van der Waals surface area contributed by atoms with E-state index in [0.717, 1.165) is 22.4 Å². The van der Waals surface area contributed by atoms with E-state index in [1.807, 2.05) is 19.1 Å². The van der Waals surface area contributed by atoms with E-state index >= 15 is 0 Å². The molecule has 144 valence electrons. The van der Waals surface area contributed by atoms with Crippen LogP contribution in [0.4, 0.5) is 0 Å². The van der Waals surface area contributed by atoms with E-state index in [1.54, 1.807) is 12.1 Å². The molecule has 0 saturated heterocycles. The third kappa shape index (κ3) is 4.94. The van der Waals surface area contributed by atoms with Crippen molar-refractivity contribution in [3.8, 4) is 0 Å². The Morgan fingerprint density at radius 1 is 1.04 bits per heavy atom. The SMILES string of the molecule is CCc1ccc(C(=O)COC(=O)c2ccc(Cl)c(S(=O)(=O)N(C)C)c2)cc1. The molecule has 0 aliphatic heterocycles. The van der Waals surface area contributed by atoms with Crippen LogP contribution in [-0.2, 0) is 21.2 Å². The Bertz CT molecular complexity index is 953. The molecule has 0 aliphatic rings. The highest BCUT2D eigenvalue weighted by Crippen LogP contribution is 2.25. The highest BCUT2D eigenvalue weighted by molar-refractivity contribution is 7.89. The third-order valence-electron chi connectivity index (χ3n) is 3.94. The van der Waals surface area contributed by atoms with Gasteiger partial charge in [-0.25, -0.2) is 17.5 Å². The molecule has 2 aromatic carbocycles. The summed E-state index contributed by atoms with van der Waals surface area (Å²) in [5.74, 6) is -1.15. The van der Waals surface area contributed by atoms with Gasteiger partial charge in [0, 0.05) is 19.7 Å². The Balaban J connectivity index is 2.13. The number of sulfonamides is 1. The summed E-state index contributed by atoms with van der Waals surface area (Å²) >= 11 is 5.95. The van der Waals surface area contributed by atoms with E-state index in [4.69, 9.17) is 16.3 Å². The minimum atomic E-state index is -3.82. The molecular formula is C19H20ClNO5S. The molecule has 0 aromatic heterocycles. The van der Waals surface area contributed by atoms with Crippen LogP contribution in [0.25, 0.3) is 0 Å². The van der Waals surface area contributed by atoms with Crippen LogP contribution in [0.15, 0.2) is 47.4 Å². The number of rotatable bonds is 7. The fraction of sp³-hybridized carbons (Fsp3) is 0.263. The number of Topliss-reactive ketones (excluding diaryl/α,β-unsaturated/α-hetero) is 1. The molecule has 0 fully saturated rings. The fourth-order valence-corrected chi connectivity index (χ4v) is 3.64. The maximum absolute atomic E-state index is 12.3. The van der Waals surface area contributed by atoms with E-state index in [9.17, 15) is 18.0 Å². The van der Waals surface area contributed by atoms with Crippen molar-refractivity contribution in [1.29, 1.82) is 0 Å². The first-order chi connectivity index (χ1) is 12.7. The van der Waals surface area contributed by atoms with E-state index in [-0.39, 0.29) is 21.3 Å². The number of hydrogen-bond donors (Lipinski definition) is 0. The van der Waals surface area contributed by atoms with E-state index in [2.05, 4.69) is 0 Å². The largest absolute Gasteiger partial charge is 0.454 e. The smallest absolute Gasteiger partial charge is 0.338 e. The van der Waals surface area contributed by atoms with E-state index < -0.39 is 22.6 Å². The Morgan fingerprint density at radius 2 is 1.63 bits per heavy atom. The highest BCUT2D eigenvalue weighted by atomic mass is 35.5. The van der Waals surface area contributed by atoms with Crippen LogP contribution in [0.1, 0.15) is 33.2 Å². The number of carbonyl (C=O) groups is 2. The number of benzene rings is 2. The van der Waals surface area contributed by atoms with Crippen LogP contribution in [0.5, 0.6) is 0 Å². The van der Waals surface area contributed by atoms with E-state index in [1.165, 1.54) is 26.2 Å². The summed E-state index contributed by atoms with van der Waals surface area (Å²) in [5, 5.41) is -0.00709. The standard InChI is InChI=1S/C19H20ClNO5S/c1-4-13-5-7-14(8-6-13)17(22)12-26-19(23)15-9-10-16(20)18(11-15)27(24,25)21(2)3/h5-11H,4,12H2,1-3H3. The van der Waals surface area contributed by atoms with Crippen molar-refractivity contribution in [1.82, 2.24) is 4.31 Å². The molecule has 0 atom stereocenters. The van der Waals surface area contributed by atoms with Gasteiger partial charge in [-0.2, -0.15) is 0 Å². The molecule has 2 aromatic rings. The molecule has 8 heteroatoms. The number of hydrogen-bond acceptors (Lipinski definition) is 5. The van der Waals surface area contributed by atoms with Gasteiger partial charge in [0.1, 0.15) is 4.90 Å². The molecular weight excluding hydrogens is 390 g/mol. The number of ether oxygens (including phenoxy) is 1. The van der Waals surface area contributed by atoms with Gasteiger partial charge in [-0.05, 0) is 30.2 Å². The molecule has 0 aliphatic carbocycles. The molecule has 0 amide bonds. The number of carbonyl (C=O) groups excluding carboxylic acids is 2. The Labute approximate surface area is 163 Å². The van der Waals surface area contributed by atoms with Crippen molar-refractivity contribution in [2.24, 2.45) is 0 Å². The lowest BCUT2D eigenvalue weighted by atomic mass is 10.1. The van der Waals surface area contributed by atoms with Gasteiger partial charge in [0.2, 0.25) is 10.0 Å². The molecule has 0 spiro atoms. The molecule has 2 rings (SSSR count). The van der Waals surface area contributed by atoms with Gasteiger partial charge in [-0.1, -0.05) is 42.8 Å². The summed E-state index contributed by atoms with van der Waals surface area (Å²) in [5.41, 5.74) is 1.53. The fourth-order valence-electron chi connectivity index (χ4n) is 2.25. The summed E-state index contributed by atoms with van der Waals surface area (Å²) in [4.78, 5) is 24.2. The molecule has 0 bridgehead atoms. The number of nitrogens with zero attached hydrogens (tertiary/aromatic N) is 1. The number of esters is 1. The van der Waals surface area contributed by atoms with Gasteiger partial charge in [-0.15, -0.1) is 0 Å². The number of halogens is 1. The predicted molar refractivity (Wildman–Crippen MR) is 103 cm³/mol. The van der Waals surface area contributed by atoms with Crippen molar-refractivity contribution in [2.75, 3.05) is 20.7 Å². The summed E-state index contributed by atoms with van der Waals surface area (Å²) in [6, 6.07) is 10.8. The lowest BCUT2D eigenvalue weighted by Gasteiger charge is -2.13. The molecule has 6 nitrogen and oxygen atoms in total. The zero-order chi connectivity index (χ0) is 20.2. The van der Waals surface area contributed by atoms with Crippen molar-refractivity contribution in [2.45, 2.75) is 18.2 Å². The van der Waals surface area contributed by atoms with Crippen molar-refractivity contribution in [3.05, 3.63) is 64.2 Å². The average molecular weight is 410 g/mol. The normalized spacial score (nSPS) is 11.4. The summed E-state index contributed by atoms with van der Waals surface area (Å²) in [6.07, 6.45) is 0.859. The molecule has 0 N–H and O–H groups in total. The second-order valence-electron chi connectivity index (χ2n) is 5.98. The summed E-state index contributed by atoms with van der Waals surface area (Å²) in [7, 11) is -1.10. The topological polar surface area (TPSA) is 80.8 Å². The molecule has 27 heavy (non-hydrogen) atoms. The lowest BCUT2D eigenvalue weighted by Crippen LogP contribution is -2.23. The van der Waals surface area contributed by atoms with Gasteiger partial charge in [-0.3, -0.25) is 4.79 Å². The second-order valence-corrected chi connectivity index (χ2v) is 8.51. The van der Waals surface area contributed by atoms with Gasteiger partial charge < -0.3 is 4.74 Å². The number of aryl methyl sites for hydroxylation is 1. The first kappa shape index (κ1) is 21.1. The molecule has 0 unspecified atom stereocenters. The van der Waals surface area contributed by atoms with Crippen molar-refractivity contribution >= 4 is 33.4 Å². The van der Waals surface area contributed by atoms with Gasteiger partial charge >= 0.3 is 5.97 Å². The van der Waals surface area contributed by atoms with Crippen LogP contribution in [0, 0.1) is 0 Å². The minimum Gasteiger partial charge on any atom is -0.454 e. The molecule has 0 saturated carbocycles. The highest BCUT2D eigenvalue weighted by Gasteiger charge is 2.23. The molecule has 0 heterocycles.